The molecule has 0 saturated carbocycles. The molecule has 25 heavy (non-hydrogen) atoms. The molecule has 1 N–H and O–H groups in total. The van der Waals surface area contributed by atoms with Crippen LogP contribution in [0.15, 0.2) is 36.4 Å². The van der Waals surface area contributed by atoms with Gasteiger partial charge in [0.25, 0.3) is 5.91 Å². The molecule has 0 saturated heterocycles. The summed E-state index contributed by atoms with van der Waals surface area (Å²) in [6, 6.07) is 10.1. The van der Waals surface area contributed by atoms with Crippen molar-refractivity contribution in [3.05, 3.63) is 52.5 Å². The topological polar surface area (TPSA) is 73.9 Å². The lowest BCUT2D eigenvalue weighted by Crippen LogP contribution is -2.21. The molecule has 132 valence electrons. The normalized spacial score (nSPS) is 10.1. The summed E-state index contributed by atoms with van der Waals surface area (Å²) in [5, 5.41) is 3.04. The molecule has 2 aromatic rings. The molecule has 0 radical (unpaired) electrons. The molecular formula is C18H18ClNO5. The Balaban J connectivity index is 2.04. The van der Waals surface area contributed by atoms with Crippen molar-refractivity contribution < 1.29 is 23.8 Å². The number of ether oxygens (including phenoxy) is 3. The lowest BCUT2D eigenvalue weighted by molar-refractivity contribution is -0.119. The maximum absolute atomic E-state index is 12.2. The Hall–Kier alpha value is -2.73. The quantitative estimate of drug-likeness (QED) is 0.795. The van der Waals surface area contributed by atoms with Gasteiger partial charge < -0.3 is 19.5 Å². The summed E-state index contributed by atoms with van der Waals surface area (Å²) in [4.78, 5) is 24.2. The number of amides is 1. The molecular weight excluding hydrogens is 346 g/mol. The second-order valence-corrected chi connectivity index (χ2v) is 5.50. The maximum atomic E-state index is 12.2. The van der Waals surface area contributed by atoms with Crippen LogP contribution in [0, 0.1) is 6.92 Å². The lowest BCUT2D eigenvalue weighted by Gasteiger charge is -2.13. The molecule has 0 aliphatic heterocycles. The van der Waals surface area contributed by atoms with Gasteiger partial charge in [-0.05, 0) is 30.7 Å². The molecule has 0 aliphatic rings. The van der Waals surface area contributed by atoms with Gasteiger partial charge in [0.1, 0.15) is 5.56 Å². The second-order valence-electron chi connectivity index (χ2n) is 5.10. The number of esters is 1. The lowest BCUT2D eigenvalue weighted by atomic mass is 10.2. The van der Waals surface area contributed by atoms with E-state index in [0.29, 0.717) is 16.5 Å². The number of benzene rings is 2. The zero-order valence-electron chi connectivity index (χ0n) is 14.1. The van der Waals surface area contributed by atoms with Crippen LogP contribution >= 0.6 is 11.6 Å². The number of rotatable bonds is 6. The summed E-state index contributed by atoms with van der Waals surface area (Å²) < 4.78 is 15.4. The van der Waals surface area contributed by atoms with E-state index in [4.69, 9.17) is 25.8 Å². The van der Waals surface area contributed by atoms with E-state index >= 15 is 0 Å². The van der Waals surface area contributed by atoms with Gasteiger partial charge in [-0.2, -0.15) is 0 Å². The largest absolute Gasteiger partial charge is 0.493 e. The summed E-state index contributed by atoms with van der Waals surface area (Å²) in [5.41, 5.74) is 1.47. The van der Waals surface area contributed by atoms with E-state index in [9.17, 15) is 9.59 Å². The fourth-order valence-corrected chi connectivity index (χ4v) is 2.49. The van der Waals surface area contributed by atoms with Gasteiger partial charge in [0.15, 0.2) is 18.1 Å². The van der Waals surface area contributed by atoms with Gasteiger partial charge in [-0.15, -0.1) is 0 Å². The monoisotopic (exact) mass is 363 g/mol. The van der Waals surface area contributed by atoms with E-state index in [1.807, 2.05) is 13.0 Å². The number of carbonyl (C=O) groups is 2. The SMILES string of the molecule is COc1cccc(C(=O)OCC(=O)Nc2c(C)cccc2Cl)c1OC. The van der Waals surface area contributed by atoms with Crippen molar-refractivity contribution in [2.24, 2.45) is 0 Å². The van der Waals surface area contributed by atoms with Crippen molar-refractivity contribution >= 4 is 29.2 Å². The zero-order chi connectivity index (χ0) is 18.4. The Bertz CT molecular complexity index is 771. The Labute approximate surface area is 150 Å². The van der Waals surface area contributed by atoms with Crippen molar-refractivity contribution in [3.8, 4) is 11.5 Å². The Morgan fingerprint density at radius 2 is 1.80 bits per heavy atom. The van der Waals surface area contributed by atoms with Gasteiger partial charge in [0.2, 0.25) is 0 Å². The van der Waals surface area contributed by atoms with E-state index in [1.54, 1.807) is 24.3 Å². The van der Waals surface area contributed by atoms with Gasteiger partial charge in [-0.3, -0.25) is 4.79 Å². The van der Waals surface area contributed by atoms with Crippen LogP contribution in [0.25, 0.3) is 0 Å². The number of nitrogens with one attached hydrogen (secondary N) is 1. The average Bonchev–Trinajstić information content (AvgIpc) is 2.62. The third kappa shape index (κ3) is 4.42. The summed E-state index contributed by atoms with van der Waals surface area (Å²) in [6.07, 6.45) is 0. The molecule has 2 aromatic carbocycles. The summed E-state index contributed by atoms with van der Waals surface area (Å²) in [7, 11) is 2.88. The van der Waals surface area contributed by atoms with Crippen LogP contribution in [0.2, 0.25) is 5.02 Å². The molecule has 0 fully saturated rings. The third-order valence-corrected chi connectivity index (χ3v) is 3.76. The number of anilines is 1. The van der Waals surface area contributed by atoms with E-state index in [2.05, 4.69) is 5.32 Å². The first kappa shape index (κ1) is 18.6. The number of methoxy groups -OCH3 is 2. The highest BCUT2D eigenvalue weighted by molar-refractivity contribution is 6.33. The minimum Gasteiger partial charge on any atom is -0.493 e. The van der Waals surface area contributed by atoms with Crippen molar-refractivity contribution in [1.29, 1.82) is 0 Å². The van der Waals surface area contributed by atoms with E-state index < -0.39 is 18.5 Å². The van der Waals surface area contributed by atoms with E-state index in [-0.39, 0.29) is 11.3 Å². The number of hydrogen-bond acceptors (Lipinski definition) is 5. The van der Waals surface area contributed by atoms with Crippen LogP contribution in [-0.4, -0.2) is 32.7 Å². The number of para-hydroxylation sites is 2. The minimum absolute atomic E-state index is 0.170. The van der Waals surface area contributed by atoms with Crippen molar-refractivity contribution in [2.45, 2.75) is 6.92 Å². The smallest absolute Gasteiger partial charge is 0.342 e. The van der Waals surface area contributed by atoms with Crippen molar-refractivity contribution in [3.63, 3.8) is 0 Å². The molecule has 0 spiro atoms. The molecule has 0 bridgehead atoms. The van der Waals surface area contributed by atoms with Crippen LogP contribution in [-0.2, 0) is 9.53 Å². The highest BCUT2D eigenvalue weighted by Crippen LogP contribution is 2.31. The first-order valence-electron chi connectivity index (χ1n) is 7.41. The predicted molar refractivity (Wildman–Crippen MR) is 94.6 cm³/mol. The van der Waals surface area contributed by atoms with Gasteiger partial charge in [-0.1, -0.05) is 29.8 Å². The standard InChI is InChI=1S/C18H18ClNO5/c1-11-6-4-8-13(19)16(11)20-15(21)10-25-18(22)12-7-5-9-14(23-2)17(12)24-3/h4-9H,10H2,1-3H3,(H,20,21). The number of hydrogen-bond donors (Lipinski definition) is 1. The first-order chi connectivity index (χ1) is 12.0. The fraction of sp³-hybridized carbons (Fsp3) is 0.222. The summed E-state index contributed by atoms with van der Waals surface area (Å²) >= 11 is 6.05. The Morgan fingerprint density at radius 3 is 2.44 bits per heavy atom. The van der Waals surface area contributed by atoms with Crippen LogP contribution < -0.4 is 14.8 Å². The third-order valence-electron chi connectivity index (χ3n) is 3.44. The highest BCUT2D eigenvalue weighted by atomic mass is 35.5. The van der Waals surface area contributed by atoms with Crippen molar-refractivity contribution in [2.75, 3.05) is 26.1 Å². The average molecular weight is 364 g/mol. The molecule has 2 rings (SSSR count). The van der Waals surface area contributed by atoms with Gasteiger partial charge in [-0.25, -0.2) is 4.79 Å². The minimum atomic E-state index is -0.693. The van der Waals surface area contributed by atoms with Crippen molar-refractivity contribution in [1.82, 2.24) is 0 Å². The molecule has 6 nitrogen and oxygen atoms in total. The Morgan fingerprint density at radius 1 is 1.08 bits per heavy atom. The van der Waals surface area contributed by atoms with Crippen LogP contribution in [0.4, 0.5) is 5.69 Å². The van der Waals surface area contributed by atoms with Crippen LogP contribution in [0.3, 0.4) is 0 Å². The van der Waals surface area contributed by atoms with Crippen LogP contribution in [0.1, 0.15) is 15.9 Å². The Kier molecular flexibility index (Phi) is 6.25. The number of halogens is 1. The second kappa shape index (κ2) is 8.39. The van der Waals surface area contributed by atoms with Gasteiger partial charge in [0.05, 0.1) is 24.9 Å². The summed E-state index contributed by atoms with van der Waals surface area (Å²) in [6.45, 7) is 1.36. The highest BCUT2D eigenvalue weighted by Gasteiger charge is 2.19. The summed E-state index contributed by atoms with van der Waals surface area (Å²) in [5.74, 6) is -0.543. The molecule has 0 unspecified atom stereocenters. The molecule has 7 heteroatoms. The number of aryl methyl sites for hydroxylation is 1. The predicted octanol–water partition coefficient (Wildman–Crippen LogP) is 3.46. The molecule has 0 aromatic heterocycles. The van der Waals surface area contributed by atoms with E-state index in [1.165, 1.54) is 20.3 Å². The fourth-order valence-electron chi connectivity index (χ4n) is 2.22. The maximum Gasteiger partial charge on any atom is 0.342 e. The first-order valence-corrected chi connectivity index (χ1v) is 7.78. The molecule has 1 amide bonds. The molecule has 0 heterocycles. The number of carbonyl (C=O) groups excluding carboxylic acids is 2. The molecule has 0 aliphatic carbocycles. The molecule has 0 atom stereocenters. The van der Waals surface area contributed by atoms with Gasteiger partial charge >= 0.3 is 5.97 Å². The van der Waals surface area contributed by atoms with Gasteiger partial charge in [0, 0.05) is 0 Å². The van der Waals surface area contributed by atoms with Crippen LogP contribution in [0.5, 0.6) is 11.5 Å². The van der Waals surface area contributed by atoms with E-state index in [0.717, 1.165) is 5.56 Å². The zero-order valence-corrected chi connectivity index (χ0v) is 14.8.